The molecule has 0 aromatic heterocycles. The van der Waals surface area contributed by atoms with E-state index in [4.69, 9.17) is 0 Å². The van der Waals surface area contributed by atoms with Gasteiger partial charge in [0.05, 0.1) is 0 Å². The highest BCUT2D eigenvalue weighted by Crippen LogP contribution is 2.73. The van der Waals surface area contributed by atoms with Crippen LogP contribution in [0.1, 0.15) is 0 Å². The summed E-state index contributed by atoms with van der Waals surface area (Å²) in [6.07, 6.45) is 0. The van der Waals surface area contributed by atoms with Crippen molar-refractivity contribution in [2.24, 2.45) is 0 Å². The number of rotatable bonds is 6. The molecule has 0 heterocycles. The van der Waals surface area contributed by atoms with Crippen LogP contribution < -0.4 is 21.2 Å². The lowest BCUT2D eigenvalue weighted by Crippen LogP contribution is -2.49. The second-order valence-corrected chi connectivity index (χ2v) is 12.7. The highest BCUT2D eigenvalue weighted by molar-refractivity contribution is 7.80. The predicted octanol–water partition coefficient (Wildman–Crippen LogP) is 7.38. The van der Waals surface area contributed by atoms with Gasteiger partial charge in [-0.1, -0.05) is 121 Å². The summed E-state index contributed by atoms with van der Waals surface area (Å²) >= 11 is 0. The van der Waals surface area contributed by atoms with Gasteiger partial charge in [-0.05, 0) is 37.1 Å². The van der Waals surface area contributed by atoms with Crippen LogP contribution in [0.4, 0.5) is 26.3 Å². The van der Waals surface area contributed by atoms with Crippen LogP contribution in [0.2, 0.25) is 0 Å². The van der Waals surface area contributed by atoms with E-state index < -0.39 is 44.2 Å². The summed E-state index contributed by atoms with van der Waals surface area (Å²) in [4.78, 5) is 0. The van der Waals surface area contributed by atoms with E-state index in [1.54, 1.807) is 72.8 Å². The van der Waals surface area contributed by atoms with Crippen LogP contribution in [0, 0.1) is 0 Å². The topological polar surface area (TPSA) is 0 Å². The first-order valence-electron chi connectivity index (χ1n) is 11.4. The van der Waals surface area contributed by atoms with Crippen LogP contribution >= 0.6 is 15.8 Å². The van der Waals surface area contributed by atoms with Gasteiger partial charge in [0, 0.05) is 10.6 Å². The van der Waals surface area contributed by atoms with E-state index in [9.17, 15) is 0 Å². The minimum absolute atomic E-state index is 0.292. The van der Waals surface area contributed by atoms with Gasteiger partial charge in [-0.25, -0.2) is 0 Å². The summed E-state index contributed by atoms with van der Waals surface area (Å²) in [5, 5.41) is -1.18. The Morgan fingerprint density at radius 3 is 0.784 bits per heavy atom. The normalized spacial score (nSPS) is 17.9. The average molecular weight is 544 g/mol. The van der Waals surface area contributed by atoms with Crippen molar-refractivity contribution >= 4 is 37.1 Å². The number of benzene rings is 4. The standard InChI is InChI=1S/C29H20F6P2/c30-27(31)25(36(21-13-5-1-6-14-21)22-15-7-2-8-16-22)26(28(32,33)29(27,34)35)37(23-17-9-3-10-18-23)24-19-11-4-12-20-24/h1-20H. The third-order valence-corrected chi connectivity index (χ3v) is 11.5. The Bertz CT molecular complexity index is 1210. The van der Waals surface area contributed by atoms with Crippen molar-refractivity contribution in [3.8, 4) is 0 Å². The molecule has 0 aliphatic heterocycles. The molecule has 0 spiro atoms. The van der Waals surface area contributed by atoms with Crippen molar-refractivity contribution in [2.75, 3.05) is 0 Å². The van der Waals surface area contributed by atoms with Crippen molar-refractivity contribution < 1.29 is 26.3 Å². The first-order valence-corrected chi connectivity index (χ1v) is 14.1. The molecule has 0 atom stereocenters. The van der Waals surface area contributed by atoms with E-state index in [-0.39, 0.29) is 0 Å². The van der Waals surface area contributed by atoms with Crippen LogP contribution in [-0.2, 0) is 0 Å². The lowest BCUT2D eigenvalue weighted by molar-refractivity contribution is -0.261. The van der Waals surface area contributed by atoms with E-state index in [0.717, 1.165) is 0 Å². The Morgan fingerprint density at radius 1 is 0.351 bits per heavy atom. The Hall–Kier alpha value is -2.94. The Morgan fingerprint density at radius 2 is 0.568 bits per heavy atom. The molecule has 188 valence electrons. The van der Waals surface area contributed by atoms with Crippen LogP contribution in [0.5, 0.6) is 0 Å². The summed E-state index contributed by atoms with van der Waals surface area (Å²) in [7, 11) is -4.85. The molecule has 0 unspecified atom stereocenters. The molecule has 1 aliphatic carbocycles. The predicted molar refractivity (Wildman–Crippen MR) is 140 cm³/mol. The van der Waals surface area contributed by atoms with Crippen molar-refractivity contribution in [1.82, 2.24) is 0 Å². The number of halogens is 6. The maximum absolute atomic E-state index is 15.9. The van der Waals surface area contributed by atoms with Gasteiger partial charge in [0.2, 0.25) is 0 Å². The fourth-order valence-corrected chi connectivity index (χ4v) is 10.1. The largest absolute Gasteiger partial charge is 0.380 e. The molecule has 0 radical (unpaired) electrons. The minimum atomic E-state index is -5.60. The third-order valence-electron chi connectivity index (χ3n) is 6.11. The number of hydrogen-bond acceptors (Lipinski definition) is 0. The van der Waals surface area contributed by atoms with E-state index in [2.05, 4.69) is 0 Å². The number of alkyl halides is 6. The molecule has 0 fully saturated rings. The van der Waals surface area contributed by atoms with Gasteiger partial charge in [0.15, 0.2) is 0 Å². The maximum Gasteiger partial charge on any atom is 0.380 e. The summed E-state index contributed by atoms with van der Waals surface area (Å²) < 4.78 is 94.1. The first kappa shape index (κ1) is 25.7. The van der Waals surface area contributed by atoms with Gasteiger partial charge < -0.3 is 0 Å². The zero-order valence-electron chi connectivity index (χ0n) is 19.2. The number of allylic oxidation sites excluding steroid dienone is 2. The zero-order valence-corrected chi connectivity index (χ0v) is 21.0. The molecule has 4 aromatic rings. The van der Waals surface area contributed by atoms with Crippen molar-refractivity contribution in [3.05, 3.63) is 132 Å². The molecule has 8 heteroatoms. The zero-order chi connectivity index (χ0) is 26.3. The molecule has 0 amide bonds. The fraction of sp³-hybridized carbons (Fsp3) is 0.103. The smallest absolute Gasteiger partial charge is 0.194 e. The maximum atomic E-state index is 15.9. The molecule has 1 aliphatic rings. The molecule has 0 bridgehead atoms. The molecule has 0 saturated heterocycles. The fourth-order valence-electron chi connectivity index (χ4n) is 4.41. The van der Waals surface area contributed by atoms with E-state index in [0.29, 0.717) is 21.2 Å². The second kappa shape index (κ2) is 9.74. The van der Waals surface area contributed by atoms with E-state index >= 15 is 26.3 Å². The quantitative estimate of drug-likeness (QED) is 0.176. The van der Waals surface area contributed by atoms with Crippen molar-refractivity contribution in [2.45, 2.75) is 17.8 Å². The lowest BCUT2D eigenvalue weighted by Gasteiger charge is -2.28. The van der Waals surface area contributed by atoms with E-state index in [1.807, 2.05) is 0 Å². The van der Waals surface area contributed by atoms with Gasteiger partial charge in [-0.2, -0.15) is 26.3 Å². The average Bonchev–Trinajstić information content (AvgIpc) is 3.02. The molecule has 37 heavy (non-hydrogen) atoms. The summed E-state index contributed by atoms with van der Waals surface area (Å²) in [6, 6.07) is 31.6. The monoisotopic (exact) mass is 544 g/mol. The highest BCUT2D eigenvalue weighted by atomic mass is 31.1. The summed E-state index contributed by atoms with van der Waals surface area (Å²) in [5.74, 6) is -15.8. The SMILES string of the molecule is FC1(F)C(P(c2ccccc2)c2ccccc2)=C(P(c2ccccc2)c2ccccc2)C(F)(F)C1(F)F. The third kappa shape index (κ3) is 4.21. The van der Waals surface area contributed by atoms with Crippen LogP contribution in [0.3, 0.4) is 0 Å². The van der Waals surface area contributed by atoms with Crippen LogP contribution in [0.25, 0.3) is 0 Å². The van der Waals surface area contributed by atoms with Gasteiger partial charge in [0.25, 0.3) is 0 Å². The number of hydrogen-bond donors (Lipinski definition) is 0. The minimum Gasteiger partial charge on any atom is -0.194 e. The van der Waals surface area contributed by atoms with Crippen molar-refractivity contribution in [3.63, 3.8) is 0 Å². The molecule has 4 aromatic carbocycles. The van der Waals surface area contributed by atoms with E-state index in [1.165, 1.54) is 48.5 Å². The summed E-state index contributed by atoms with van der Waals surface area (Å²) in [5.41, 5.74) is 0. The van der Waals surface area contributed by atoms with Gasteiger partial charge in [0.1, 0.15) is 0 Å². The molecule has 0 nitrogen and oxygen atoms in total. The first-order chi connectivity index (χ1) is 17.7. The van der Waals surface area contributed by atoms with Crippen molar-refractivity contribution in [1.29, 1.82) is 0 Å². The molecule has 0 saturated carbocycles. The van der Waals surface area contributed by atoms with Gasteiger partial charge in [-0.15, -0.1) is 0 Å². The molecule has 5 rings (SSSR count). The van der Waals surface area contributed by atoms with Gasteiger partial charge in [-0.3, -0.25) is 0 Å². The van der Waals surface area contributed by atoms with Gasteiger partial charge >= 0.3 is 17.8 Å². The Balaban J connectivity index is 1.92. The molecular weight excluding hydrogens is 524 g/mol. The van der Waals surface area contributed by atoms with Crippen LogP contribution in [0.15, 0.2) is 132 Å². The Kier molecular flexibility index (Phi) is 6.77. The lowest BCUT2D eigenvalue weighted by atomic mass is 10.2. The summed E-state index contributed by atoms with van der Waals surface area (Å²) in [6.45, 7) is 0. The highest BCUT2D eigenvalue weighted by Gasteiger charge is 2.81. The Labute approximate surface area is 213 Å². The molecule has 0 N–H and O–H groups in total. The van der Waals surface area contributed by atoms with Crippen LogP contribution in [-0.4, -0.2) is 17.8 Å². The second-order valence-electron chi connectivity index (χ2n) is 8.43. The molecular formula is C29H20F6P2.